The average Bonchev–Trinajstić information content (AvgIpc) is 3.16. The van der Waals surface area contributed by atoms with Crippen LogP contribution >= 0.6 is 11.6 Å². The Morgan fingerprint density at radius 2 is 2.22 bits per heavy atom. The van der Waals surface area contributed by atoms with Crippen LogP contribution in [0.4, 0.5) is 0 Å². The van der Waals surface area contributed by atoms with Gasteiger partial charge in [0.05, 0.1) is 41.7 Å². The van der Waals surface area contributed by atoms with E-state index in [0.717, 1.165) is 43.3 Å². The highest BCUT2D eigenvalue weighted by Gasteiger charge is 2.41. The fourth-order valence-electron chi connectivity index (χ4n) is 3.83. The fourth-order valence-corrected chi connectivity index (χ4v) is 4.09. The van der Waals surface area contributed by atoms with Crippen molar-refractivity contribution in [2.75, 3.05) is 13.2 Å². The number of hydrogen-bond acceptors (Lipinski definition) is 4. The summed E-state index contributed by atoms with van der Waals surface area (Å²) >= 11 is 6.23. The molecule has 120 valence electrons. The van der Waals surface area contributed by atoms with Crippen LogP contribution in [0.2, 0.25) is 5.02 Å². The maximum atomic E-state index is 9.14. The van der Waals surface area contributed by atoms with Crippen molar-refractivity contribution in [3.05, 3.63) is 29.0 Å². The summed E-state index contributed by atoms with van der Waals surface area (Å²) in [6.45, 7) is 2.24. The van der Waals surface area contributed by atoms with Gasteiger partial charge in [0.1, 0.15) is 5.52 Å². The molecular weight excluding hydrogens is 314 g/mol. The second-order valence-corrected chi connectivity index (χ2v) is 6.81. The lowest BCUT2D eigenvalue weighted by molar-refractivity contribution is -0.187. The molecule has 0 amide bonds. The van der Waals surface area contributed by atoms with Crippen LogP contribution in [-0.2, 0) is 16.0 Å². The number of fused-ring (bicyclic) bond motifs is 1. The SMILES string of the molecule is N#Cc1cc(Cl)c2ncn(CC3CCCC4(C3)OCCO4)c2c1. The lowest BCUT2D eigenvalue weighted by Gasteiger charge is -2.36. The monoisotopic (exact) mass is 331 g/mol. The van der Waals surface area contributed by atoms with Crippen molar-refractivity contribution in [2.24, 2.45) is 5.92 Å². The zero-order valence-corrected chi connectivity index (χ0v) is 13.6. The smallest absolute Gasteiger partial charge is 0.168 e. The van der Waals surface area contributed by atoms with Crippen molar-refractivity contribution in [3.8, 4) is 6.07 Å². The Balaban J connectivity index is 1.60. The molecule has 2 aromatic rings. The first kappa shape index (κ1) is 14.9. The van der Waals surface area contributed by atoms with Gasteiger partial charge in [0.15, 0.2) is 5.79 Å². The van der Waals surface area contributed by atoms with Crippen LogP contribution in [-0.4, -0.2) is 28.6 Å². The third kappa shape index (κ3) is 2.72. The molecule has 2 fully saturated rings. The molecule has 0 N–H and O–H groups in total. The first-order valence-electron chi connectivity index (χ1n) is 8.01. The van der Waals surface area contributed by atoms with E-state index in [0.29, 0.717) is 29.7 Å². The summed E-state index contributed by atoms with van der Waals surface area (Å²) in [5, 5.41) is 9.67. The molecule has 1 spiro atoms. The van der Waals surface area contributed by atoms with Crippen molar-refractivity contribution in [3.63, 3.8) is 0 Å². The van der Waals surface area contributed by atoms with Crippen LogP contribution in [0.3, 0.4) is 0 Å². The lowest BCUT2D eigenvalue weighted by atomic mass is 9.84. The molecule has 6 heteroatoms. The third-order valence-electron chi connectivity index (χ3n) is 4.85. The van der Waals surface area contributed by atoms with Crippen molar-refractivity contribution in [1.82, 2.24) is 9.55 Å². The van der Waals surface area contributed by atoms with Gasteiger partial charge in [-0.15, -0.1) is 0 Å². The number of hydrogen-bond donors (Lipinski definition) is 0. The van der Waals surface area contributed by atoms with E-state index in [1.54, 1.807) is 6.07 Å². The third-order valence-corrected chi connectivity index (χ3v) is 5.13. The quantitative estimate of drug-likeness (QED) is 0.845. The number of nitrogens with zero attached hydrogens (tertiary/aromatic N) is 3. The van der Waals surface area contributed by atoms with Gasteiger partial charge in [0.2, 0.25) is 0 Å². The van der Waals surface area contributed by atoms with E-state index in [9.17, 15) is 0 Å². The number of nitriles is 1. The van der Waals surface area contributed by atoms with E-state index in [1.165, 1.54) is 0 Å². The van der Waals surface area contributed by atoms with Crippen LogP contribution in [0.25, 0.3) is 11.0 Å². The van der Waals surface area contributed by atoms with E-state index in [4.69, 9.17) is 26.3 Å². The highest BCUT2D eigenvalue weighted by Crippen LogP contribution is 2.39. The van der Waals surface area contributed by atoms with Gasteiger partial charge in [-0.1, -0.05) is 11.6 Å². The van der Waals surface area contributed by atoms with E-state index in [2.05, 4.69) is 15.6 Å². The topological polar surface area (TPSA) is 60.1 Å². The molecule has 2 heterocycles. The van der Waals surface area contributed by atoms with Gasteiger partial charge in [-0.3, -0.25) is 0 Å². The molecule has 1 atom stereocenters. The van der Waals surface area contributed by atoms with Crippen LogP contribution in [0.5, 0.6) is 0 Å². The lowest BCUT2D eigenvalue weighted by Crippen LogP contribution is -2.37. The second kappa shape index (κ2) is 5.79. The molecule has 1 saturated heterocycles. The molecule has 1 saturated carbocycles. The Bertz CT molecular complexity index is 774. The van der Waals surface area contributed by atoms with Gasteiger partial charge in [-0.05, 0) is 30.9 Å². The minimum absolute atomic E-state index is 0.366. The van der Waals surface area contributed by atoms with Gasteiger partial charge >= 0.3 is 0 Å². The standard InChI is InChI=1S/C17H18ClN3O2/c18-14-6-13(9-19)7-15-16(14)20-11-21(15)10-12-2-1-3-17(8-12)22-4-5-23-17/h6-7,11-12H,1-5,8,10H2. The number of halogens is 1. The molecule has 5 nitrogen and oxygen atoms in total. The molecule has 0 radical (unpaired) electrons. The van der Waals surface area contributed by atoms with Crippen molar-refractivity contribution in [1.29, 1.82) is 5.26 Å². The molecule has 2 aliphatic rings. The van der Waals surface area contributed by atoms with Gasteiger partial charge in [-0.25, -0.2) is 4.98 Å². The predicted octanol–water partition coefficient (Wildman–Crippen LogP) is 3.49. The number of ether oxygens (including phenoxy) is 2. The van der Waals surface area contributed by atoms with Crippen molar-refractivity contribution >= 4 is 22.6 Å². The summed E-state index contributed by atoms with van der Waals surface area (Å²) in [4.78, 5) is 4.41. The Hall–Kier alpha value is -1.61. The van der Waals surface area contributed by atoms with E-state index in [1.807, 2.05) is 12.4 Å². The zero-order valence-electron chi connectivity index (χ0n) is 12.8. The normalized spacial score (nSPS) is 23.4. The maximum absolute atomic E-state index is 9.14. The summed E-state index contributed by atoms with van der Waals surface area (Å²) in [5.74, 6) is 0.109. The Kier molecular flexibility index (Phi) is 3.76. The molecule has 1 aliphatic heterocycles. The number of rotatable bonds is 2. The molecule has 23 heavy (non-hydrogen) atoms. The van der Waals surface area contributed by atoms with Crippen LogP contribution < -0.4 is 0 Å². The average molecular weight is 332 g/mol. The molecular formula is C17H18ClN3O2. The summed E-state index contributed by atoms with van der Waals surface area (Å²) < 4.78 is 13.8. The second-order valence-electron chi connectivity index (χ2n) is 6.40. The first-order chi connectivity index (χ1) is 11.2. The maximum Gasteiger partial charge on any atom is 0.168 e. The molecule has 1 unspecified atom stereocenters. The number of aromatic nitrogens is 2. The number of benzene rings is 1. The van der Waals surface area contributed by atoms with Crippen LogP contribution in [0.15, 0.2) is 18.5 Å². The van der Waals surface area contributed by atoms with Gasteiger partial charge in [0.25, 0.3) is 0 Å². The first-order valence-corrected chi connectivity index (χ1v) is 8.39. The Morgan fingerprint density at radius 1 is 1.39 bits per heavy atom. The van der Waals surface area contributed by atoms with E-state index in [-0.39, 0.29) is 5.79 Å². The predicted molar refractivity (Wildman–Crippen MR) is 86.1 cm³/mol. The van der Waals surface area contributed by atoms with Crippen LogP contribution in [0.1, 0.15) is 31.2 Å². The summed E-state index contributed by atoms with van der Waals surface area (Å²) in [5.41, 5.74) is 2.23. The Morgan fingerprint density at radius 3 is 3.00 bits per heavy atom. The van der Waals surface area contributed by atoms with Gasteiger partial charge in [0, 0.05) is 19.4 Å². The minimum atomic E-state index is -0.366. The largest absolute Gasteiger partial charge is 0.348 e. The Labute approximate surface area is 139 Å². The molecule has 1 aliphatic carbocycles. The minimum Gasteiger partial charge on any atom is -0.348 e. The van der Waals surface area contributed by atoms with Crippen molar-refractivity contribution in [2.45, 2.75) is 38.0 Å². The fraction of sp³-hybridized carbons (Fsp3) is 0.529. The van der Waals surface area contributed by atoms with Gasteiger partial charge in [-0.2, -0.15) is 5.26 Å². The summed E-state index contributed by atoms with van der Waals surface area (Å²) in [7, 11) is 0. The van der Waals surface area contributed by atoms with E-state index < -0.39 is 0 Å². The molecule has 4 rings (SSSR count). The number of imidazole rings is 1. The summed E-state index contributed by atoms with van der Waals surface area (Å²) in [6, 6.07) is 5.67. The molecule has 0 bridgehead atoms. The summed E-state index contributed by atoms with van der Waals surface area (Å²) in [6.07, 6.45) is 5.98. The molecule has 1 aromatic heterocycles. The van der Waals surface area contributed by atoms with E-state index >= 15 is 0 Å². The van der Waals surface area contributed by atoms with Gasteiger partial charge < -0.3 is 14.0 Å². The highest BCUT2D eigenvalue weighted by molar-refractivity contribution is 6.35. The molecule has 1 aromatic carbocycles. The highest BCUT2D eigenvalue weighted by atomic mass is 35.5. The van der Waals surface area contributed by atoms with Crippen LogP contribution in [0, 0.1) is 17.2 Å². The van der Waals surface area contributed by atoms with Crippen molar-refractivity contribution < 1.29 is 9.47 Å². The zero-order chi connectivity index (χ0) is 15.9.